The van der Waals surface area contributed by atoms with Crippen LogP contribution >= 0.6 is 31.9 Å². The van der Waals surface area contributed by atoms with Gasteiger partial charge in [-0.3, -0.25) is 14.6 Å². The molecule has 0 fully saturated rings. The molecule has 11 heteroatoms. The predicted octanol–water partition coefficient (Wildman–Crippen LogP) is 3.59. The summed E-state index contributed by atoms with van der Waals surface area (Å²) in [5, 5.41) is 14.8. The van der Waals surface area contributed by atoms with E-state index in [1.54, 1.807) is 44.2 Å². The number of carboxylic acids is 1. The van der Waals surface area contributed by atoms with Crippen LogP contribution < -0.4 is 16.3 Å². The van der Waals surface area contributed by atoms with Crippen LogP contribution in [0.2, 0.25) is 0 Å². The monoisotopic (exact) mass is 590 g/mol. The van der Waals surface area contributed by atoms with Crippen LogP contribution in [0.25, 0.3) is 0 Å². The first-order chi connectivity index (χ1) is 16.1. The number of amides is 2. The minimum absolute atomic E-state index is 0.00947. The molecule has 0 spiro atoms. The molecule has 1 heterocycles. The molecule has 34 heavy (non-hydrogen) atoms. The molecule has 0 radical (unpaired) electrons. The van der Waals surface area contributed by atoms with Crippen LogP contribution in [0.4, 0.5) is 5.82 Å². The molecule has 1 unspecified atom stereocenters. The average Bonchev–Trinajstić information content (AvgIpc) is 2.74. The van der Waals surface area contributed by atoms with Crippen molar-refractivity contribution in [2.75, 3.05) is 5.32 Å². The largest absolute Gasteiger partial charge is 0.480 e. The number of carbonyl (C=O) groups excluding carboxylic acids is 2. The number of anilines is 1. The fourth-order valence-corrected chi connectivity index (χ4v) is 4.76. The number of H-pyrrole nitrogens is 1. The molecule has 9 nitrogen and oxygen atoms in total. The Balaban J connectivity index is 1.89. The number of aliphatic carboxylic acids is 1. The van der Waals surface area contributed by atoms with E-state index in [-0.39, 0.29) is 23.4 Å². The first-order valence-corrected chi connectivity index (χ1v) is 11.6. The van der Waals surface area contributed by atoms with E-state index in [2.05, 4.69) is 52.5 Å². The number of carboxylic acid groups (broad SMARTS) is 1. The Morgan fingerprint density at radius 3 is 2.18 bits per heavy atom. The topological polar surface area (TPSA) is 141 Å². The van der Waals surface area contributed by atoms with E-state index in [4.69, 9.17) is 0 Å². The van der Waals surface area contributed by atoms with Crippen molar-refractivity contribution in [1.29, 1.82) is 0 Å². The van der Waals surface area contributed by atoms with E-state index in [1.807, 2.05) is 6.07 Å². The van der Waals surface area contributed by atoms with Crippen LogP contribution in [0.1, 0.15) is 37.4 Å². The molecular formula is C23H20Br2N4O5. The number of aromatic nitrogens is 2. The summed E-state index contributed by atoms with van der Waals surface area (Å²) in [4.78, 5) is 55.6. The molecule has 1 atom stereocenters. The number of hydrogen-bond acceptors (Lipinski definition) is 5. The Labute approximate surface area is 211 Å². The van der Waals surface area contributed by atoms with E-state index in [0.717, 1.165) is 11.1 Å². The van der Waals surface area contributed by atoms with Crippen LogP contribution in [0.3, 0.4) is 0 Å². The van der Waals surface area contributed by atoms with Gasteiger partial charge in [-0.2, -0.15) is 0 Å². The van der Waals surface area contributed by atoms with Crippen molar-refractivity contribution in [1.82, 2.24) is 15.3 Å². The molecule has 0 bridgehead atoms. The van der Waals surface area contributed by atoms with E-state index < -0.39 is 29.5 Å². The van der Waals surface area contributed by atoms with Crippen LogP contribution in [0, 0.1) is 13.8 Å². The highest BCUT2D eigenvalue weighted by Crippen LogP contribution is 2.25. The van der Waals surface area contributed by atoms with Crippen LogP contribution in [-0.4, -0.2) is 38.9 Å². The summed E-state index contributed by atoms with van der Waals surface area (Å²) in [6.45, 7) is 3.57. The van der Waals surface area contributed by atoms with Gasteiger partial charge in [0.05, 0.1) is 5.56 Å². The number of nitrogens with one attached hydrogen (secondary N) is 3. The van der Waals surface area contributed by atoms with E-state index in [1.165, 1.54) is 6.20 Å². The minimum Gasteiger partial charge on any atom is -0.480 e. The molecule has 0 aliphatic heterocycles. The molecule has 3 rings (SSSR count). The lowest BCUT2D eigenvalue weighted by atomic mass is 10.0. The summed E-state index contributed by atoms with van der Waals surface area (Å²) >= 11 is 6.57. The lowest BCUT2D eigenvalue weighted by Gasteiger charge is -2.18. The molecule has 0 aliphatic carbocycles. The summed E-state index contributed by atoms with van der Waals surface area (Å²) in [6.07, 6.45) is 0.935. The summed E-state index contributed by atoms with van der Waals surface area (Å²) in [5.41, 5.74) is 1.67. The zero-order valence-electron chi connectivity index (χ0n) is 18.1. The molecule has 2 aromatic carbocycles. The third-order valence-corrected chi connectivity index (χ3v) is 6.38. The number of nitrogens with zero attached hydrogens (tertiary/aromatic N) is 1. The van der Waals surface area contributed by atoms with Gasteiger partial charge in [0.15, 0.2) is 0 Å². The Morgan fingerprint density at radius 2 is 1.59 bits per heavy atom. The van der Waals surface area contributed by atoms with Crippen molar-refractivity contribution in [3.05, 3.63) is 89.8 Å². The number of hydrogen-bond donors (Lipinski definition) is 4. The molecule has 0 saturated carbocycles. The molecule has 2 amide bonds. The molecule has 1 aromatic heterocycles. The SMILES string of the molecule is Cc1cccc(C)c1C(=O)Nc1[nH]c(=O)ncc1CC(NC(=O)c1c(Br)cccc1Br)C(=O)O. The molecule has 3 aromatic rings. The lowest BCUT2D eigenvalue weighted by molar-refractivity contribution is -0.139. The standard InChI is InChI=1S/C23H20Br2N4O5/c1-11-5-3-6-12(2)17(11)20(30)28-19-13(10-26-23(34)29-19)9-16(22(32)33)27-21(31)18-14(24)7-4-8-15(18)25/h3-8,10,16H,9H2,1-2H3,(H,27,31)(H,32,33)(H2,26,28,29,30,34). The molecule has 176 valence electrons. The second-order valence-electron chi connectivity index (χ2n) is 7.47. The fourth-order valence-electron chi connectivity index (χ4n) is 3.40. The van der Waals surface area contributed by atoms with Gasteiger partial charge in [-0.1, -0.05) is 24.3 Å². The molecule has 4 N–H and O–H groups in total. The van der Waals surface area contributed by atoms with Gasteiger partial charge in [0.2, 0.25) is 0 Å². The minimum atomic E-state index is -1.37. The quantitative estimate of drug-likeness (QED) is 0.331. The van der Waals surface area contributed by atoms with Crippen LogP contribution in [0.15, 0.2) is 56.3 Å². The number of rotatable bonds is 7. The highest BCUT2D eigenvalue weighted by Gasteiger charge is 2.25. The van der Waals surface area contributed by atoms with Gasteiger partial charge < -0.3 is 15.7 Å². The summed E-state index contributed by atoms with van der Waals surface area (Å²) in [7, 11) is 0. The van der Waals surface area contributed by atoms with Crippen molar-refractivity contribution >= 4 is 55.5 Å². The summed E-state index contributed by atoms with van der Waals surface area (Å²) < 4.78 is 0.964. The normalized spacial score (nSPS) is 11.5. The van der Waals surface area contributed by atoms with Crippen LogP contribution in [0.5, 0.6) is 0 Å². The lowest BCUT2D eigenvalue weighted by Crippen LogP contribution is -2.43. The maximum atomic E-state index is 12.9. The first-order valence-electron chi connectivity index (χ1n) is 10.0. The highest BCUT2D eigenvalue weighted by atomic mass is 79.9. The smallest absolute Gasteiger partial charge is 0.346 e. The maximum absolute atomic E-state index is 12.9. The molecule has 0 saturated heterocycles. The van der Waals surface area contributed by atoms with Gasteiger partial charge >= 0.3 is 11.7 Å². The Bertz CT molecular complexity index is 1300. The Kier molecular flexibility index (Phi) is 8.00. The van der Waals surface area contributed by atoms with Gasteiger partial charge in [-0.15, -0.1) is 0 Å². The summed E-state index contributed by atoms with van der Waals surface area (Å²) in [5.74, 6) is -2.37. The maximum Gasteiger partial charge on any atom is 0.346 e. The number of carbonyl (C=O) groups is 3. The molecule has 0 aliphatic rings. The first kappa shape index (κ1) is 25.3. The molecular weight excluding hydrogens is 572 g/mol. The second kappa shape index (κ2) is 10.7. The second-order valence-corrected chi connectivity index (χ2v) is 9.18. The van der Waals surface area contributed by atoms with Gasteiger partial charge in [0.25, 0.3) is 11.8 Å². The van der Waals surface area contributed by atoms with Gasteiger partial charge in [0.1, 0.15) is 11.9 Å². The number of benzene rings is 2. The highest BCUT2D eigenvalue weighted by molar-refractivity contribution is 9.11. The van der Waals surface area contributed by atoms with Crippen molar-refractivity contribution in [2.45, 2.75) is 26.3 Å². The van der Waals surface area contributed by atoms with Crippen molar-refractivity contribution < 1.29 is 19.5 Å². The Morgan fingerprint density at radius 1 is 1.00 bits per heavy atom. The number of aryl methyl sites for hydroxylation is 2. The fraction of sp³-hybridized carbons (Fsp3) is 0.174. The van der Waals surface area contributed by atoms with Crippen molar-refractivity contribution in [2.24, 2.45) is 0 Å². The van der Waals surface area contributed by atoms with Gasteiger partial charge in [-0.25, -0.2) is 14.6 Å². The third kappa shape index (κ3) is 5.78. The van der Waals surface area contributed by atoms with Crippen LogP contribution in [-0.2, 0) is 11.2 Å². The van der Waals surface area contributed by atoms with Gasteiger partial charge in [-0.05, 0) is 69.0 Å². The number of halogens is 2. The van der Waals surface area contributed by atoms with E-state index >= 15 is 0 Å². The predicted molar refractivity (Wildman–Crippen MR) is 133 cm³/mol. The number of aromatic amines is 1. The van der Waals surface area contributed by atoms with Crippen molar-refractivity contribution in [3.8, 4) is 0 Å². The average molecular weight is 592 g/mol. The third-order valence-electron chi connectivity index (χ3n) is 5.05. The summed E-state index contributed by atoms with van der Waals surface area (Å²) in [6, 6.07) is 9.06. The zero-order valence-corrected chi connectivity index (χ0v) is 21.3. The Hall–Kier alpha value is -3.31. The van der Waals surface area contributed by atoms with E-state index in [0.29, 0.717) is 14.5 Å². The van der Waals surface area contributed by atoms with Crippen molar-refractivity contribution in [3.63, 3.8) is 0 Å². The van der Waals surface area contributed by atoms with E-state index in [9.17, 15) is 24.3 Å². The zero-order chi connectivity index (χ0) is 25.0. The van der Waals surface area contributed by atoms with Gasteiger partial charge in [0, 0.05) is 32.7 Å².